The Kier molecular flexibility index (Phi) is 39.6. The van der Waals surface area contributed by atoms with E-state index in [1.54, 1.807) is 0 Å². The highest BCUT2D eigenvalue weighted by Crippen LogP contribution is 2.14. The van der Waals surface area contributed by atoms with Gasteiger partial charge in [0.05, 0.1) is 52.9 Å². The average molecular weight is 587 g/mol. The minimum Gasteiger partial charge on any atom is -0.379 e. The van der Waals surface area contributed by atoms with E-state index in [-0.39, 0.29) is 0 Å². The molecule has 0 amide bonds. The predicted octanol–water partition coefficient (Wildman–Crippen LogP) is 10.5. The fraction of sp³-hybridized carbons (Fsp3) is 1.00. The molecule has 0 spiro atoms. The molecule has 0 aromatic heterocycles. The van der Waals surface area contributed by atoms with Gasteiger partial charge in [0, 0.05) is 13.2 Å². The highest BCUT2D eigenvalue weighted by atomic mass is 16.6. The topological polar surface area (TPSA) is 46.2 Å². The minimum atomic E-state index is 0.608. The van der Waals surface area contributed by atoms with E-state index in [4.69, 9.17) is 23.7 Å². The molecule has 0 bridgehead atoms. The summed E-state index contributed by atoms with van der Waals surface area (Å²) in [6, 6.07) is 0. The van der Waals surface area contributed by atoms with Crippen LogP contribution in [0, 0.1) is 0 Å². The van der Waals surface area contributed by atoms with E-state index in [0.29, 0.717) is 52.9 Å². The molecule has 0 aliphatic heterocycles. The number of hydrogen-bond donors (Lipinski definition) is 0. The molecule has 5 heteroatoms. The fourth-order valence-electron chi connectivity index (χ4n) is 5.07. The van der Waals surface area contributed by atoms with E-state index in [2.05, 4.69) is 13.8 Å². The molecule has 0 aromatic carbocycles. The van der Waals surface area contributed by atoms with Crippen molar-refractivity contribution in [2.75, 3.05) is 66.1 Å². The Balaban J connectivity index is 3.02. The molecule has 0 unspecified atom stereocenters. The van der Waals surface area contributed by atoms with Gasteiger partial charge in [0.1, 0.15) is 0 Å². The first kappa shape index (κ1) is 40.8. The Hall–Kier alpha value is -0.200. The third-order valence-electron chi connectivity index (χ3n) is 7.77. The van der Waals surface area contributed by atoms with Gasteiger partial charge in [-0.3, -0.25) is 0 Å². The summed E-state index contributed by atoms with van der Waals surface area (Å²) >= 11 is 0. The molecule has 0 aromatic rings. The van der Waals surface area contributed by atoms with E-state index < -0.39 is 0 Å². The lowest BCUT2D eigenvalue weighted by atomic mass is 10.0. The second-order valence-electron chi connectivity index (χ2n) is 11.8. The molecule has 0 heterocycles. The maximum Gasteiger partial charge on any atom is 0.0701 e. The highest BCUT2D eigenvalue weighted by molar-refractivity contribution is 4.50. The second kappa shape index (κ2) is 39.8. The minimum absolute atomic E-state index is 0.608. The van der Waals surface area contributed by atoms with Crippen molar-refractivity contribution in [1.29, 1.82) is 0 Å². The summed E-state index contributed by atoms with van der Waals surface area (Å²) in [7, 11) is 0. The summed E-state index contributed by atoms with van der Waals surface area (Å²) in [5.74, 6) is 0. The largest absolute Gasteiger partial charge is 0.379 e. The molecule has 248 valence electrons. The number of hydrogen-bond acceptors (Lipinski definition) is 5. The Morgan fingerprint density at radius 1 is 0.195 bits per heavy atom. The summed E-state index contributed by atoms with van der Waals surface area (Å²) in [5.41, 5.74) is 0. The van der Waals surface area contributed by atoms with Crippen molar-refractivity contribution in [2.24, 2.45) is 0 Å². The van der Waals surface area contributed by atoms with E-state index in [1.165, 1.54) is 154 Å². The van der Waals surface area contributed by atoms with Crippen molar-refractivity contribution in [3.05, 3.63) is 0 Å². The van der Waals surface area contributed by atoms with Crippen LogP contribution in [-0.2, 0) is 23.7 Å². The van der Waals surface area contributed by atoms with Crippen molar-refractivity contribution in [1.82, 2.24) is 0 Å². The third-order valence-corrected chi connectivity index (χ3v) is 7.77. The van der Waals surface area contributed by atoms with Crippen molar-refractivity contribution in [3.8, 4) is 0 Å². The Labute approximate surface area is 257 Å². The van der Waals surface area contributed by atoms with Gasteiger partial charge in [0.15, 0.2) is 0 Å². The summed E-state index contributed by atoms with van der Waals surface area (Å²) in [5, 5.41) is 0. The summed E-state index contributed by atoms with van der Waals surface area (Å²) < 4.78 is 28.0. The molecule has 0 rings (SSSR count). The lowest BCUT2D eigenvalue weighted by Gasteiger charge is -2.08. The van der Waals surface area contributed by atoms with Gasteiger partial charge in [-0.1, -0.05) is 155 Å². The molecule has 0 N–H and O–H groups in total. The quantitative estimate of drug-likeness (QED) is 0.0673. The van der Waals surface area contributed by atoms with Crippen LogP contribution >= 0.6 is 0 Å². The molecular formula is C36H74O5. The monoisotopic (exact) mass is 587 g/mol. The Bertz CT molecular complexity index is 396. The van der Waals surface area contributed by atoms with Gasteiger partial charge in [-0.15, -0.1) is 0 Å². The predicted molar refractivity (Wildman–Crippen MR) is 176 cm³/mol. The van der Waals surface area contributed by atoms with Crippen LogP contribution in [0.1, 0.15) is 168 Å². The zero-order valence-corrected chi connectivity index (χ0v) is 28.1. The maximum absolute atomic E-state index is 5.69. The second-order valence-corrected chi connectivity index (χ2v) is 11.8. The van der Waals surface area contributed by atoms with Gasteiger partial charge >= 0.3 is 0 Å². The standard InChI is InChI=1S/C36H74O5/c1-3-5-7-9-11-13-14-15-16-17-18-19-20-22-24-26-28-38-30-32-40-34-36-41-35-33-39-31-29-37-27-25-23-21-12-10-8-6-4-2/h3-36H2,1-2H3. The number of unbranched alkanes of at least 4 members (excludes halogenated alkanes) is 22. The van der Waals surface area contributed by atoms with Crippen molar-refractivity contribution < 1.29 is 23.7 Å². The Morgan fingerprint density at radius 3 is 0.585 bits per heavy atom. The zero-order valence-electron chi connectivity index (χ0n) is 28.1. The molecular weight excluding hydrogens is 512 g/mol. The molecule has 0 radical (unpaired) electrons. The van der Waals surface area contributed by atoms with Crippen molar-refractivity contribution in [2.45, 2.75) is 168 Å². The van der Waals surface area contributed by atoms with Gasteiger partial charge in [0.25, 0.3) is 0 Å². The normalized spacial score (nSPS) is 11.6. The zero-order chi connectivity index (χ0) is 29.6. The van der Waals surface area contributed by atoms with Crippen LogP contribution in [-0.4, -0.2) is 66.1 Å². The summed E-state index contributed by atoms with van der Waals surface area (Å²) in [4.78, 5) is 0. The first-order valence-electron chi connectivity index (χ1n) is 18.3. The Morgan fingerprint density at radius 2 is 0.366 bits per heavy atom. The first-order valence-corrected chi connectivity index (χ1v) is 18.3. The average Bonchev–Trinajstić information content (AvgIpc) is 2.98. The highest BCUT2D eigenvalue weighted by Gasteiger charge is 1.97. The van der Waals surface area contributed by atoms with Gasteiger partial charge in [0.2, 0.25) is 0 Å². The number of rotatable bonds is 38. The maximum atomic E-state index is 5.69. The third kappa shape index (κ3) is 39.8. The molecule has 0 saturated carbocycles. The molecule has 0 atom stereocenters. The smallest absolute Gasteiger partial charge is 0.0701 e. The van der Waals surface area contributed by atoms with E-state index in [0.717, 1.165) is 13.2 Å². The van der Waals surface area contributed by atoms with Gasteiger partial charge in [-0.2, -0.15) is 0 Å². The van der Waals surface area contributed by atoms with E-state index in [9.17, 15) is 0 Å². The van der Waals surface area contributed by atoms with Crippen LogP contribution in [0.5, 0.6) is 0 Å². The SMILES string of the molecule is CCCCCCCCCCCCCCCCCCOCCOCCOCCOCCOCCCCCCCCCC. The van der Waals surface area contributed by atoms with E-state index in [1.807, 2.05) is 0 Å². The van der Waals surface area contributed by atoms with Gasteiger partial charge in [-0.05, 0) is 12.8 Å². The molecule has 41 heavy (non-hydrogen) atoms. The lowest BCUT2D eigenvalue weighted by molar-refractivity contribution is -0.0114. The van der Waals surface area contributed by atoms with Crippen LogP contribution in [0.3, 0.4) is 0 Å². The van der Waals surface area contributed by atoms with Crippen LogP contribution in [0.4, 0.5) is 0 Å². The molecule has 5 nitrogen and oxygen atoms in total. The fourth-order valence-corrected chi connectivity index (χ4v) is 5.07. The lowest BCUT2D eigenvalue weighted by Crippen LogP contribution is -2.13. The van der Waals surface area contributed by atoms with Gasteiger partial charge < -0.3 is 23.7 Å². The molecule has 0 fully saturated rings. The molecule has 0 aliphatic rings. The van der Waals surface area contributed by atoms with Crippen molar-refractivity contribution in [3.63, 3.8) is 0 Å². The van der Waals surface area contributed by atoms with E-state index >= 15 is 0 Å². The van der Waals surface area contributed by atoms with Crippen LogP contribution in [0.15, 0.2) is 0 Å². The summed E-state index contributed by atoms with van der Waals surface area (Å²) in [6.45, 7) is 11.4. The van der Waals surface area contributed by atoms with Crippen LogP contribution in [0.2, 0.25) is 0 Å². The van der Waals surface area contributed by atoms with Crippen LogP contribution < -0.4 is 0 Å². The van der Waals surface area contributed by atoms with Gasteiger partial charge in [-0.25, -0.2) is 0 Å². The number of ether oxygens (including phenoxy) is 5. The van der Waals surface area contributed by atoms with Crippen LogP contribution in [0.25, 0.3) is 0 Å². The molecule has 0 saturated heterocycles. The van der Waals surface area contributed by atoms with Crippen molar-refractivity contribution >= 4 is 0 Å². The first-order chi connectivity index (χ1) is 20.4. The molecule has 0 aliphatic carbocycles. The summed E-state index contributed by atoms with van der Waals surface area (Å²) in [6.07, 6.45) is 33.1.